The van der Waals surface area contributed by atoms with Crippen molar-refractivity contribution in [2.24, 2.45) is 0 Å². The van der Waals surface area contributed by atoms with Crippen molar-refractivity contribution in [3.05, 3.63) is 66.8 Å². The number of hydrogen-bond acceptors (Lipinski definition) is 1. The molecule has 2 aromatic carbocycles. The van der Waals surface area contributed by atoms with Crippen LogP contribution in [-0.4, -0.2) is 6.54 Å². The van der Waals surface area contributed by atoms with Crippen LogP contribution in [0.25, 0.3) is 0 Å². The van der Waals surface area contributed by atoms with Crippen molar-refractivity contribution in [1.29, 1.82) is 0 Å². The number of nitrogens with one attached hydrogen (secondary N) is 1. The molecule has 1 unspecified atom stereocenters. The zero-order valence-corrected chi connectivity index (χ0v) is 15.9. The zero-order chi connectivity index (χ0) is 14.4. The SMILES string of the molecule is CCCNC(Cc1ccc(I)cc1)c1ccccc1I. The molecular weight excluding hydrogens is 472 g/mol. The van der Waals surface area contributed by atoms with Crippen molar-refractivity contribution in [3.8, 4) is 0 Å². The lowest BCUT2D eigenvalue weighted by atomic mass is 9.99. The van der Waals surface area contributed by atoms with E-state index in [0.717, 1.165) is 19.4 Å². The van der Waals surface area contributed by atoms with E-state index in [1.807, 2.05) is 0 Å². The second-order valence-electron chi connectivity index (χ2n) is 4.86. The first-order valence-corrected chi connectivity index (χ1v) is 9.08. The minimum Gasteiger partial charge on any atom is -0.310 e. The highest BCUT2D eigenvalue weighted by atomic mass is 127. The van der Waals surface area contributed by atoms with Gasteiger partial charge in [0.2, 0.25) is 0 Å². The maximum absolute atomic E-state index is 3.68. The Morgan fingerprint density at radius 3 is 2.35 bits per heavy atom. The summed E-state index contributed by atoms with van der Waals surface area (Å²) in [6, 6.07) is 17.9. The molecule has 3 heteroatoms. The summed E-state index contributed by atoms with van der Waals surface area (Å²) in [5.74, 6) is 0. The van der Waals surface area contributed by atoms with Gasteiger partial charge in [-0.25, -0.2) is 0 Å². The van der Waals surface area contributed by atoms with Gasteiger partial charge in [-0.3, -0.25) is 0 Å². The van der Waals surface area contributed by atoms with Crippen LogP contribution in [-0.2, 0) is 6.42 Å². The molecule has 0 spiro atoms. The molecule has 0 aliphatic carbocycles. The van der Waals surface area contributed by atoms with Crippen molar-refractivity contribution in [1.82, 2.24) is 5.32 Å². The van der Waals surface area contributed by atoms with Crippen LogP contribution >= 0.6 is 45.2 Å². The van der Waals surface area contributed by atoms with Crippen LogP contribution in [0.2, 0.25) is 0 Å². The Morgan fingerprint density at radius 2 is 1.70 bits per heavy atom. The third-order valence-electron chi connectivity index (χ3n) is 3.27. The normalized spacial score (nSPS) is 12.3. The maximum atomic E-state index is 3.68. The first kappa shape index (κ1) is 16.2. The predicted molar refractivity (Wildman–Crippen MR) is 103 cm³/mol. The second-order valence-corrected chi connectivity index (χ2v) is 7.27. The number of rotatable bonds is 6. The molecule has 0 bridgehead atoms. The summed E-state index contributed by atoms with van der Waals surface area (Å²) in [5, 5.41) is 3.68. The Hall–Kier alpha value is -0.140. The molecule has 1 atom stereocenters. The Labute approximate surface area is 148 Å². The van der Waals surface area contributed by atoms with Crippen LogP contribution in [0.5, 0.6) is 0 Å². The summed E-state index contributed by atoms with van der Waals surface area (Å²) < 4.78 is 2.63. The van der Waals surface area contributed by atoms with Crippen LogP contribution in [0.15, 0.2) is 48.5 Å². The van der Waals surface area contributed by atoms with Crippen molar-refractivity contribution >= 4 is 45.2 Å². The standard InChI is InChI=1S/C17H19I2N/c1-2-11-20-17(15-5-3-4-6-16(15)19)12-13-7-9-14(18)10-8-13/h3-10,17,20H,2,11-12H2,1H3. The van der Waals surface area contributed by atoms with E-state index in [4.69, 9.17) is 0 Å². The van der Waals surface area contributed by atoms with Crippen molar-refractivity contribution in [3.63, 3.8) is 0 Å². The first-order chi connectivity index (χ1) is 9.70. The fourth-order valence-electron chi connectivity index (χ4n) is 2.22. The van der Waals surface area contributed by atoms with Gasteiger partial charge in [-0.05, 0) is 93.9 Å². The molecule has 2 aromatic rings. The molecule has 0 aliphatic rings. The van der Waals surface area contributed by atoms with E-state index in [9.17, 15) is 0 Å². The molecule has 1 nitrogen and oxygen atoms in total. The molecule has 106 valence electrons. The molecule has 2 rings (SSSR count). The van der Waals surface area contributed by atoms with Gasteiger partial charge in [-0.15, -0.1) is 0 Å². The lowest BCUT2D eigenvalue weighted by Gasteiger charge is -2.20. The Kier molecular flexibility index (Phi) is 6.77. The van der Waals surface area contributed by atoms with Gasteiger partial charge < -0.3 is 5.32 Å². The molecular formula is C17H19I2N. The fraction of sp³-hybridized carbons (Fsp3) is 0.294. The van der Waals surface area contributed by atoms with Crippen LogP contribution < -0.4 is 5.32 Å². The largest absolute Gasteiger partial charge is 0.310 e. The van der Waals surface area contributed by atoms with Gasteiger partial charge in [-0.2, -0.15) is 0 Å². The lowest BCUT2D eigenvalue weighted by molar-refractivity contribution is 0.527. The van der Waals surface area contributed by atoms with Gasteiger partial charge in [0, 0.05) is 13.2 Å². The van der Waals surface area contributed by atoms with Crippen LogP contribution in [0.4, 0.5) is 0 Å². The molecule has 0 saturated carbocycles. The summed E-state index contributed by atoms with van der Waals surface area (Å²) >= 11 is 4.79. The molecule has 0 radical (unpaired) electrons. The number of halogens is 2. The first-order valence-electron chi connectivity index (χ1n) is 6.93. The van der Waals surface area contributed by atoms with Crippen molar-refractivity contribution < 1.29 is 0 Å². The van der Waals surface area contributed by atoms with Gasteiger partial charge in [0.15, 0.2) is 0 Å². The van der Waals surface area contributed by atoms with Gasteiger partial charge >= 0.3 is 0 Å². The molecule has 20 heavy (non-hydrogen) atoms. The Balaban J connectivity index is 2.19. The topological polar surface area (TPSA) is 12.0 Å². The number of benzene rings is 2. The van der Waals surface area contributed by atoms with Gasteiger partial charge in [0.05, 0.1) is 0 Å². The van der Waals surface area contributed by atoms with Crippen molar-refractivity contribution in [2.75, 3.05) is 6.54 Å². The molecule has 0 aliphatic heterocycles. The highest BCUT2D eigenvalue weighted by molar-refractivity contribution is 14.1. The smallest absolute Gasteiger partial charge is 0.0371 e. The Morgan fingerprint density at radius 1 is 1.00 bits per heavy atom. The lowest BCUT2D eigenvalue weighted by Crippen LogP contribution is -2.24. The monoisotopic (exact) mass is 491 g/mol. The zero-order valence-electron chi connectivity index (χ0n) is 11.6. The third-order valence-corrected chi connectivity index (χ3v) is 4.98. The van der Waals surface area contributed by atoms with E-state index in [0.29, 0.717) is 6.04 Å². The van der Waals surface area contributed by atoms with E-state index in [-0.39, 0.29) is 0 Å². The van der Waals surface area contributed by atoms with Gasteiger partial charge in [0.25, 0.3) is 0 Å². The molecule has 0 heterocycles. The van der Waals surface area contributed by atoms with Gasteiger partial charge in [-0.1, -0.05) is 37.3 Å². The quantitative estimate of drug-likeness (QED) is 0.550. The highest BCUT2D eigenvalue weighted by Crippen LogP contribution is 2.23. The number of hydrogen-bond donors (Lipinski definition) is 1. The second kappa shape index (κ2) is 8.34. The predicted octanol–water partition coefficient (Wildman–Crippen LogP) is 5.18. The Bertz CT molecular complexity index is 537. The van der Waals surface area contributed by atoms with Crippen LogP contribution in [0.1, 0.15) is 30.5 Å². The van der Waals surface area contributed by atoms with Crippen LogP contribution in [0.3, 0.4) is 0 Å². The minimum absolute atomic E-state index is 0.392. The molecule has 0 amide bonds. The summed E-state index contributed by atoms with van der Waals surface area (Å²) in [7, 11) is 0. The van der Waals surface area contributed by atoms with E-state index in [1.54, 1.807) is 0 Å². The van der Waals surface area contributed by atoms with E-state index in [2.05, 4.69) is 106 Å². The van der Waals surface area contributed by atoms with Gasteiger partial charge in [0.1, 0.15) is 0 Å². The fourth-order valence-corrected chi connectivity index (χ4v) is 3.35. The summed E-state index contributed by atoms with van der Waals surface area (Å²) in [5.41, 5.74) is 2.79. The highest BCUT2D eigenvalue weighted by Gasteiger charge is 2.14. The molecule has 1 N–H and O–H groups in total. The minimum atomic E-state index is 0.392. The summed E-state index contributed by atoms with van der Waals surface area (Å²) in [4.78, 5) is 0. The summed E-state index contributed by atoms with van der Waals surface area (Å²) in [6.45, 7) is 3.27. The average molecular weight is 491 g/mol. The molecule has 0 saturated heterocycles. The van der Waals surface area contributed by atoms with Crippen LogP contribution in [0, 0.1) is 7.14 Å². The third kappa shape index (κ3) is 4.70. The summed E-state index contributed by atoms with van der Waals surface area (Å²) in [6.07, 6.45) is 2.20. The molecule has 0 aromatic heterocycles. The van der Waals surface area contributed by atoms with E-state index >= 15 is 0 Å². The van der Waals surface area contributed by atoms with E-state index < -0.39 is 0 Å². The average Bonchev–Trinajstić information content (AvgIpc) is 2.46. The van der Waals surface area contributed by atoms with Crippen molar-refractivity contribution in [2.45, 2.75) is 25.8 Å². The maximum Gasteiger partial charge on any atom is 0.0371 e. The van der Waals surface area contributed by atoms with E-state index in [1.165, 1.54) is 18.3 Å². The molecule has 0 fully saturated rings.